The van der Waals surface area contributed by atoms with Crippen molar-refractivity contribution in [3.8, 4) is 18.2 Å². The quantitative estimate of drug-likeness (QED) is 0.782. The molecule has 4 atom stereocenters. The summed E-state index contributed by atoms with van der Waals surface area (Å²) < 4.78 is 11.8. The molecule has 2 saturated heterocycles. The summed E-state index contributed by atoms with van der Waals surface area (Å²) in [6.45, 7) is 5.67. The standard InChI is InChI=1S/C17H22N4O2/c1-4-6-7-8-13-15(9-18,10-19)16(11-20)12(3)17(5-2,22-13)23-14(16)21/h12-13,21H,4-8H2,1-3H3. The summed E-state index contributed by atoms with van der Waals surface area (Å²) >= 11 is 0. The molecule has 2 bridgehead atoms. The van der Waals surface area contributed by atoms with Crippen LogP contribution in [0, 0.1) is 56.2 Å². The van der Waals surface area contributed by atoms with E-state index in [0.29, 0.717) is 12.8 Å². The zero-order chi connectivity index (χ0) is 17.3. The Bertz CT molecular complexity index is 612. The van der Waals surface area contributed by atoms with Gasteiger partial charge in [-0.3, -0.25) is 5.41 Å². The maximum atomic E-state index is 9.88. The molecule has 122 valence electrons. The molecule has 6 heteroatoms. The van der Waals surface area contributed by atoms with Gasteiger partial charge in [0.15, 0.2) is 10.8 Å². The first-order chi connectivity index (χ1) is 10.9. The molecule has 2 rings (SSSR count). The second kappa shape index (κ2) is 5.84. The normalized spacial score (nSPS) is 37.3. The van der Waals surface area contributed by atoms with Crippen molar-refractivity contribution in [1.82, 2.24) is 0 Å². The lowest BCUT2D eigenvalue weighted by Crippen LogP contribution is -2.61. The Kier molecular flexibility index (Phi) is 4.38. The summed E-state index contributed by atoms with van der Waals surface area (Å²) in [5.74, 6) is -1.96. The van der Waals surface area contributed by atoms with Gasteiger partial charge in [0.25, 0.3) is 0 Å². The van der Waals surface area contributed by atoms with Crippen molar-refractivity contribution in [2.75, 3.05) is 0 Å². The van der Waals surface area contributed by atoms with Crippen LogP contribution in [0.2, 0.25) is 0 Å². The van der Waals surface area contributed by atoms with Crippen molar-refractivity contribution in [3.63, 3.8) is 0 Å². The molecule has 0 radical (unpaired) electrons. The lowest BCUT2D eigenvalue weighted by atomic mass is 9.54. The molecular formula is C17H22N4O2. The number of nitrogens with one attached hydrogen (secondary N) is 1. The van der Waals surface area contributed by atoms with Crippen LogP contribution in [-0.4, -0.2) is 17.8 Å². The molecule has 0 aromatic carbocycles. The largest absolute Gasteiger partial charge is 0.447 e. The van der Waals surface area contributed by atoms with Crippen molar-refractivity contribution in [1.29, 1.82) is 21.2 Å². The van der Waals surface area contributed by atoms with Gasteiger partial charge in [-0.2, -0.15) is 15.8 Å². The van der Waals surface area contributed by atoms with Gasteiger partial charge in [0.2, 0.25) is 11.7 Å². The molecule has 0 aromatic heterocycles. The van der Waals surface area contributed by atoms with Crippen LogP contribution in [0.3, 0.4) is 0 Å². The van der Waals surface area contributed by atoms with Crippen LogP contribution in [0.1, 0.15) is 52.9 Å². The van der Waals surface area contributed by atoms with Gasteiger partial charge in [-0.1, -0.05) is 40.0 Å². The van der Waals surface area contributed by atoms with E-state index < -0.39 is 28.6 Å². The molecule has 1 N–H and O–H groups in total. The van der Waals surface area contributed by atoms with E-state index in [1.807, 2.05) is 19.1 Å². The average molecular weight is 314 g/mol. The highest BCUT2D eigenvalue weighted by Crippen LogP contribution is 2.63. The van der Waals surface area contributed by atoms with Crippen molar-refractivity contribution >= 4 is 5.90 Å². The van der Waals surface area contributed by atoms with E-state index in [0.717, 1.165) is 19.3 Å². The Balaban J connectivity index is 2.60. The van der Waals surface area contributed by atoms with Crippen LogP contribution >= 0.6 is 0 Å². The number of ether oxygens (including phenoxy) is 2. The van der Waals surface area contributed by atoms with Crippen molar-refractivity contribution < 1.29 is 9.47 Å². The third-order valence-corrected chi connectivity index (χ3v) is 5.48. The van der Waals surface area contributed by atoms with Gasteiger partial charge in [0.1, 0.15) is 0 Å². The summed E-state index contributed by atoms with van der Waals surface area (Å²) in [7, 11) is 0. The molecule has 0 saturated carbocycles. The Morgan fingerprint density at radius 1 is 1.13 bits per heavy atom. The van der Waals surface area contributed by atoms with Gasteiger partial charge in [-0.05, 0) is 6.42 Å². The van der Waals surface area contributed by atoms with E-state index in [1.54, 1.807) is 6.92 Å². The molecule has 23 heavy (non-hydrogen) atoms. The predicted octanol–water partition coefficient (Wildman–Crippen LogP) is 3.26. The topological polar surface area (TPSA) is 114 Å². The first-order valence-corrected chi connectivity index (χ1v) is 8.14. The number of fused-ring (bicyclic) bond motifs is 2. The monoisotopic (exact) mass is 314 g/mol. The summed E-state index contributed by atoms with van der Waals surface area (Å²) in [6.07, 6.45) is 2.99. The molecule has 0 spiro atoms. The van der Waals surface area contributed by atoms with Crippen LogP contribution in [0.15, 0.2) is 0 Å². The Morgan fingerprint density at radius 2 is 1.78 bits per heavy atom. The number of nitrogens with zero attached hydrogens (tertiary/aromatic N) is 3. The average Bonchev–Trinajstić information content (AvgIpc) is 2.72. The third kappa shape index (κ3) is 1.90. The minimum absolute atomic E-state index is 0.310. The van der Waals surface area contributed by atoms with E-state index >= 15 is 0 Å². The number of nitriles is 3. The fraction of sp³-hybridized carbons (Fsp3) is 0.765. The smallest absolute Gasteiger partial charge is 0.216 e. The van der Waals surface area contributed by atoms with Crippen molar-refractivity contribution in [2.45, 2.75) is 64.8 Å². The van der Waals surface area contributed by atoms with E-state index in [4.69, 9.17) is 14.9 Å². The van der Waals surface area contributed by atoms with Crippen LogP contribution in [0.4, 0.5) is 0 Å². The second-order valence-electron chi connectivity index (χ2n) is 6.37. The molecule has 2 fully saturated rings. The van der Waals surface area contributed by atoms with Gasteiger partial charge in [0, 0.05) is 6.42 Å². The van der Waals surface area contributed by atoms with Gasteiger partial charge >= 0.3 is 0 Å². The summed E-state index contributed by atoms with van der Waals surface area (Å²) in [5, 5.41) is 37.7. The SMILES string of the molecule is CCCCCC1OC2(CC)OC(=N)C(C#N)(C2C)C1(C#N)C#N. The zero-order valence-corrected chi connectivity index (χ0v) is 13.8. The first kappa shape index (κ1) is 17.3. The Morgan fingerprint density at radius 3 is 2.26 bits per heavy atom. The second-order valence-corrected chi connectivity index (χ2v) is 6.37. The molecule has 0 amide bonds. The van der Waals surface area contributed by atoms with Crippen molar-refractivity contribution in [2.24, 2.45) is 16.7 Å². The van der Waals surface area contributed by atoms with E-state index in [9.17, 15) is 15.8 Å². The minimum atomic E-state index is -1.72. The minimum Gasteiger partial charge on any atom is -0.447 e. The highest BCUT2D eigenvalue weighted by molar-refractivity contribution is 5.89. The zero-order valence-electron chi connectivity index (χ0n) is 13.8. The predicted molar refractivity (Wildman–Crippen MR) is 81.7 cm³/mol. The van der Waals surface area contributed by atoms with Gasteiger partial charge in [-0.15, -0.1) is 0 Å². The molecule has 4 unspecified atom stereocenters. The number of rotatable bonds is 5. The van der Waals surface area contributed by atoms with Gasteiger partial charge < -0.3 is 9.47 Å². The Labute approximate surface area is 137 Å². The highest BCUT2D eigenvalue weighted by atomic mass is 16.7. The van der Waals surface area contributed by atoms with Crippen LogP contribution < -0.4 is 0 Å². The van der Waals surface area contributed by atoms with E-state index in [1.165, 1.54) is 0 Å². The molecular weight excluding hydrogens is 292 g/mol. The van der Waals surface area contributed by atoms with Gasteiger partial charge in [-0.25, -0.2) is 0 Å². The summed E-state index contributed by atoms with van der Waals surface area (Å²) in [4.78, 5) is 0. The fourth-order valence-corrected chi connectivity index (χ4v) is 4.00. The first-order valence-electron chi connectivity index (χ1n) is 8.14. The van der Waals surface area contributed by atoms with E-state index in [2.05, 4.69) is 13.0 Å². The summed E-state index contributed by atoms with van der Waals surface area (Å²) in [6, 6.07) is 6.18. The summed E-state index contributed by atoms with van der Waals surface area (Å²) in [5.41, 5.74) is -3.30. The van der Waals surface area contributed by atoms with E-state index in [-0.39, 0.29) is 5.90 Å². The molecule has 2 aliphatic rings. The lowest BCUT2D eigenvalue weighted by Gasteiger charge is -2.48. The lowest BCUT2D eigenvalue weighted by molar-refractivity contribution is -0.278. The highest BCUT2D eigenvalue weighted by Gasteiger charge is 2.78. The van der Waals surface area contributed by atoms with Crippen LogP contribution in [0.25, 0.3) is 0 Å². The molecule has 2 heterocycles. The van der Waals surface area contributed by atoms with Crippen LogP contribution in [0.5, 0.6) is 0 Å². The number of hydrogen-bond donors (Lipinski definition) is 1. The number of hydrogen-bond acceptors (Lipinski definition) is 6. The third-order valence-electron chi connectivity index (χ3n) is 5.48. The number of unbranched alkanes of at least 4 members (excludes halogenated alkanes) is 2. The molecule has 2 aliphatic heterocycles. The fourth-order valence-electron chi connectivity index (χ4n) is 4.00. The molecule has 0 aromatic rings. The molecule has 6 nitrogen and oxygen atoms in total. The van der Waals surface area contributed by atoms with Crippen molar-refractivity contribution in [3.05, 3.63) is 0 Å². The van der Waals surface area contributed by atoms with Crippen LogP contribution in [-0.2, 0) is 9.47 Å². The van der Waals surface area contributed by atoms with Gasteiger partial charge in [0.05, 0.1) is 30.2 Å². The maximum Gasteiger partial charge on any atom is 0.216 e. The molecule has 0 aliphatic carbocycles. The maximum absolute atomic E-state index is 9.88. The Hall–Kier alpha value is -2.10.